The van der Waals surface area contributed by atoms with E-state index < -0.39 is 0 Å². The molecule has 0 aliphatic carbocycles. The third kappa shape index (κ3) is 2.73. The van der Waals surface area contributed by atoms with Crippen LogP contribution in [0, 0.1) is 12.7 Å². The van der Waals surface area contributed by atoms with E-state index in [0.717, 1.165) is 25.1 Å². The van der Waals surface area contributed by atoms with Gasteiger partial charge in [0.2, 0.25) is 0 Å². The summed E-state index contributed by atoms with van der Waals surface area (Å²) in [6.45, 7) is 6.01. The van der Waals surface area contributed by atoms with E-state index in [4.69, 9.17) is 0 Å². The molecule has 0 saturated carbocycles. The van der Waals surface area contributed by atoms with Crippen LogP contribution >= 0.6 is 0 Å². The highest BCUT2D eigenvalue weighted by Crippen LogP contribution is 2.04. The SMILES string of the molecule is CCCn1cc[n+](Cc2cccc(F)c2)c1C. The summed E-state index contributed by atoms with van der Waals surface area (Å²) in [5, 5.41) is 0. The number of hydrogen-bond donors (Lipinski definition) is 0. The van der Waals surface area contributed by atoms with Crippen molar-refractivity contribution in [2.45, 2.75) is 33.4 Å². The Morgan fingerprint density at radius 3 is 2.88 bits per heavy atom. The van der Waals surface area contributed by atoms with Gasteiger partial charge in [-0.2, -0.15) is 0 Å². The first-order chi connectivity index (χ1) is 8.20. The topological polar surface area (TPSA) is 8.81 Å². The van der Waals surface area contributed by atoms with Gasteiger partial charge in [-0.25, -0.2) is 13.5 Å². The van der Waals surface area contributed by atoms with Gasteiger partial charge in [0.25, 0.3) is 5.82 Å². The van der Waals surface area contributed by atoms with E-state index in [-0.39, 0.29) is 5.82 Å². The maximum atomic E-state index is 13.1. The quantitative estimate of drug-likeness (QED) is 0.718. The fraction of sp³-hybridized carbons (Fsp3) is 0.357. The normalized spacial score (nSPS) is 10.8. The number of nitrogens with zero attached hydrogens (tertiary/aromatic N) is 2. The molecule has 1 aromatic heterocycles. The summed E-state index contributed by atoms with van der Waals surface area (Å²) in [4.78, 5) is 0. The molecule has 1 aromatic carbocycles. The average molecular weight is 233 g/mol. The second-order valence-corrected chi connectivity index (χ2v) is 4.30. The van der Waals surface area contributed by atoms with Gasteiger partial charge in [0.15, 0.2) is 0 Å². The summed E-state index contributed by atoms with van der Waals surface area (Å²) < 4.78 is 17.4. The highest BCUT2D eigenvalue weighted by Gasteiger charge is 2.11. The van der Waals surface area contributed by atoms with Crippen LogP contribution in [0.3, 0.4) is 0 Å². The molecule has 17 heavy (non-hydrogen) atoms. The zero-order valence-electron chi connectivity index (χ0n) is 10.4. The van der Waals surface area contributed by atoms with Crippen molar-refractivity contribution < 1.29 is 8.96 Å². The lowest BCUT2D eigenvalue weighted by atomic mass is 10.2. The van der Waals surface area contributed by atoms with Gasteiger partial charge in [-0.15, -0.1) is 0 Å². The molecule has 0 amide bonds. The molecule has 2 aromatic rings. The number of halogens is 1. The third-order valence-electron chi connectivity index (χ3n) is 2.96. The van der Waals surface area contributed by atoms with Crippen molar-refractivity contribution >= 4 is 0 Å². The minimum Gasteiger partial charge on any atom is -0.234 e. The Morgan fingerprint density at radius 1 is 1.35 bits per heavy atom. The predicted octanol–water partition coefficient (Wildman–Crippen LogP) is 2.68. The molecule has 3 heteroatoms. The molecule has 2 nitrogen and oxygen atoms in total. The zero-order chi connectivity index (χ0) is 12.3. The predicted molar refractivity (Wildman–Crippen MR) is 65.2 cm³/mol. The van der Waals surface area contributed by atoms with Crippen LogP contribution in [0.25, 0.3) is 0 Å². The number of aryl methyl sites for hydroxylation is 1. The number of rotatable bonds is 4. The highest BCUT2D eigenvalue weighted by atomic mass is 19.1. The fourth-order valence-corrected chi connectivity index (χ4v) is 2.02. The molecule has 0 atom stereocenters. The summed E-state index contributed by atoms with van der Waals surface area (Å²) in [6, 6.07) is 6.77. The summed E-state index contributed by atoms with van der Waals surface area (Å²) >= 11 is 0. The van der Waals surface area contributed by atoms with Crippen molar-refractivity contribution in [2.24, 2.45) is 0 Å². The Morgan fingerprint density at radius 2 is 2.18 bits per heavy atom. The van der Waals surface area contributed by atoms with Gasteiger partial charge in [0, 0.05) is 6.92 Å². The van der Waals surface area contributed by atoms with Gasteiger partial charge in [0.1, 0.15) is 24.8 Å². The van der Waals surface area contributed by atoms with Crippen LogP contribution in [-0.4, -0.2) is 4.57 Å². The average Bonchev–Trinajstić information content (AvgIpc) is 2.62. The zero-order valence-corrected chi connectivity index (χ0v) is 10.4. The van der Waals surface area contributed by atoms with Crippen molar-refractivity contribution in [1.82, 2.24) is 4.57 Å². The van der Waals surface area contributed by atoms with Gasteiger partial charge >= 0.3 is 0 Å². The van der Waals surface area contributed by atoms with Crippen LogP contribution in [0.1, 0.15) is 24.7 Å². The van der Waals surface area contributed by atoms with Crippen LogP contribution < -0.4 is 4.57 Å². The lowest BCUT2D eigenvalue weighted by Gasteiger charge is -2.01. The first-order valence-corrected chi connectivity index (χ1v) is 6.00. The van der Waals surface area contributed by atoms with Crippen molar-refractivity contribution in [3.63, 3.8) is 0 Å². The van der Waals surface area contributed by atoms with Gasteiger partial charge < -0.3 is 0 Å². The summed E-state index contributed by atoms with van der Waals surface area (Å²) in [5.74, 6) is 1.03. The molecule has 0 fully saturated rings. The number of benzene rings is 1. The monoisotopic (exact) mass is 233 g/mol. The van der Waals surface area contributed by atoms with Crippen LogP contribution in [0.2, 0.25) is 0 Å². The molecule has 0 spiro atoms. The van der Waals surface area contributed by atoms with Crippen molar-refractivity contribution in [1.29, 1.82) is 0 Å². The Bertz CT molecular complexity index is 503. The molecular weight excluding hydrogens is 215 g/mol. The standard InChI is InChI=1S/C14H18FN2/c1-3-7-16-8-9-17(12(16)2)11-13-5-4-6-14(15)10-13/h4-6,8-10H,3,7,11H2,1-2H3/q+1. The minimum atomic E-state index is -0.172. The van der Waals surface area contributed by atoms with Gasteiger partial charge in [-0.3, -0.25) is 0 Å². The Kier molecular flexibility index (Phi) is 3.57. The molecule has 0 saturated heterocycles. The maximum absolute atomic E-state index is 13.1. The van der Waals surface area contributed by atoms with Gasteiger partial charge in [0.05, 0.1) is 6.54 Å². The molecule has 0 N–H and O–H groups in total. The van der Waals surface area contributed by atoms with Gasteiger partial charge in [-0.05, 0) is 24.1 Å². The van der Waals surface area contributed by atoms with Crippen molar-refractivity contribution in [3.05, 3.63) is 53.9 Å². The van der Waals surface area contributed by atoms with E-state index in [2.05, 4.69) is 35.4 Å². The second-order valence-electron chi connectivity index (χ2n) is 4.30. The first kappa shape index (κ1) is 11.8. The van der Waals surface area contributed by atoms with E-state index in [1.807, 2.05) is 6.07 Å². The Labute approximate surface area is 101 Å². The molecule has 0 radical (unpaired) electrons. The molecule has 1 heterocycles. The van der Waals surface area contributed by atoms with Crippen LogP contribution in [0.4, 0.5) is 4.39 Å². The third-order valence-corrected chi connectivity index (χ3v) is 2.96. The van der Waals surface area contributed by atoms with E-state index >= 15 is 0 Å². The molecule has 2 rings (SSSR count). The van der Waals surface area contributed by atoms with E-state index in [1.165, 1.54) is 11.9 Å². The maximum Gasteiger partial charge on any atom is 0.253 e. The molecule has 0 aliphatic rings. The molecule has 0 aliphatic heterocycles. The summed E-state index contributed by atoms with van der Waals surface area (Å²) in [6.07, 6.45) is 5.25. The minimum absolute atomic E-state index is 0.172. The summed E-state index contributed by atoms with van der Waals surface area (Å²) in [5.41, 5.74) is 0.993. The lowest BCUT2D eigenvalue weighted by Crippen LogP contribution is -2.36. The van der Waals surface area contributed by atoms with E-state index in [9.17, 15) is 4.39 Å². The Hall–Kier alpha value is -1.64. The smallest absolute Gasteiger partial charge is 0.234 e. The molecular formula is C14H18FN2+. The highest BCUT2D eigenvalue weighted by molar-refractivity contribution is 5.15. The first-order valence-electron chi connectivity index (χ1n) is 6.00. The summed E-state index contributed by atoms with van der Waals surface area (Å²) in [7, 11) is 0. The van der Waals surface area contributed by atoms with Gasteiger partial charge in [-0.1, -0.05) is 19.1 Å². The molecule has 0 unspecified atom stereocenters. The number of aromatic nitrogens is 2. The second kappa shape index (κ2) is 5.13. The van der Waals surface area contributed by atoms with Crippen LogP contribution in [-0.2, 0) is 13.1 Å². The molecule has 90 valence electrons. The lowest BCUT2D eigenvalue weighted by molar-refractivity contribution is -0.694. The Balaban J connectivity index is 2.19. The number of hydrogen-bond acceptors (Lipinski definition) is 0. The number of imidazole rings is 1. The fourth-order valence-electron chi connectivity index (χ4n) is 2.02. The van der Waals surface area contributed by atoms with E-state index in [0.29, 0.717) is 0 Å². The van der Waals surface area contributed by atoms with E-state index in [1.54, 1.807) is 12.1 Å². The van der Waals surface area contributed by atoms with Crippen molar-refractivity contribution in [3.8, 4) is 0 Å². The van der Waals surface area contributed by atoms with Crippen LogP contribution in [0.5, 0.6) is 0 Å². The van der Waals surface area contributed by atoms with Crippen molar-refractivity contribution in [2.75, 3.05) is 0 Å². The largest absolute Gasteiger partial charge is 0.253 e. The van der Waals surface area contributed by atoms with Crippen LogP contribution in [0.15, 0.2) is 36.7 Å². The molecule has 0 bridgehead atoms.